The summed E-state index contributed by atoms with van der Waals surface area (Å²) in [4.78, 5) is 87.9. The highest BCUT2D eigenvalue weighted by Crippen LogP contribution is 2.34. The lowest BCUT2D eigenvalue weighted by atomic mass is 9.98. The van der Waals surface area contributed by atoms with Gasteiger partial charge >= 0.3 is 0 Å². The number of likely N-dealkylation sites (N-methyl/N-ethyl adjacent to an activating group) is 2. The summed E-state index contributed by atoms with van der Waals surface area (Å²) in [5.74, 6) is -3.58. The van der Waals surface area contributed by atoms with E-state index in [0.717, 1.165) is 22.3 Å². The Bertz CT molecular complexity index is 2820. The van der Waals surface area contributed by atoms with Crippen LogP contribution >= 0.6 is 0 Å². The van der Waals surface area contributed by atoms with Crippen molar-refractivity contribution < 1.29 is 45.6 Å². The molecule has 4 aliphatic heterocycles. The van der Waals surface area contributed by atoms with Crippen LogP contribution in [0.1, 0.15) is 99.6 Å². The summed E-state index contributed by atoms with van der Waals surface area (Å²) in [5.41, 5.74) is 3.44. The molecule has 0 bridgehead atoms. The maximum Gasteiger partial charge on any atom is 0.247 e. The standard InChI is InChI=1S/C60H78N10O10S2/c1-41(61-3)55(71)63-49-39-67(35-33-47-29-31-51(69(47)59(49)75)57(73)65-53(43-21-11-7-12-22-43)44-23-13-8-14-24-44)81(77,78)37-19-5-6-20-38-82(79,80)68-36-34-48-30-32-52(70(48)60(76)50(40-68)64-56(72)42(2)62-4)58(74)66-54(45-25-15-9-16-26-45)46-27-17-10-18-28-46/h5-18,21-28,41-42,47-54,61-62H,19-20,29-40H2,1-4H3,(H,63,71)(H,64,72)(H,65,73)(H,66,74)/b6-5+/t41-,42-,47+,48+,49-,50-,51-,52-/m0/s1. The van der Waals surface area contributed by atoms with Crippen LogP contribution in [0.25, 0.3) is 0 Å². The summed E-state index contributed by atoms with van der Waals surface area (Å²) in [6.07, 6.45) is 5.31. The van der Waals surface area contributed by atoms with Crippen LogP contribution in [-0.2, 0) is 48.8 Å². The molecular formula is C60H78N10O10S2. The minimum Gasteiger partial charge on any atom is -0.343 e. The monoisotopic (exact) mass is 1160 g/mol. The molecule has 0 radical (unpaired) electrons. The Morgan fingerprint density at radius 3 is 1.12 bits per heavy atom. The van der Waals surface area contributed by atoms with E-state index in [1.807, 2.05) is 121 Å². The third-order valence-electron chi connectivity index (χ3n) is 16.3. The molecule has 6 amide bonds. The number of rotatable bonds is 22. The van der Waals surface area contributed by atoms with Crippen LogP contribution in [0.4, 0.5) is 0 Å². The van der Waals surface area contributed by atoms with Gasteiger partial charge in [-0.15, -0.1) is 0 Å². The van der Waals surface area contributed by atoms with Crippen molar-refractivity contribution in [1.82, 2.24) is 50.3 Å². The highest BCUT2D eigenvalue weighted by Gasteiger charge is 2.48. The first kappa shape index (κ1) is 61.3. The van der Waals surface area contributed by atoms with Crippen molar-refractivity contribution in [2.75, 3.05) is 51.8 Å². The van der Waals surface area contributed by atoms with E-state index in [9.17, 15) is 45.6 Å². The van der Waals surface area contributed by atoms with Crippen LogP contribution in [0, 0.1) is 0 Å². The van der Waals surface area contributed by atoms with E-state index in [2.05, 4.69) is 31.9 Å². The number of amides is 6. The molecule has 6 N–H and O–H groups in total. The summed E-state index contributed by atoms with van der Waals surface area (Å²) < 4.78 is 59.2. The van der Waals surface area contributed by atoms with Crippen molar-refractivity contribution in [1.29, 1.82) is 0 Å². The molecule has 22 heteroatoms. The van der Waals surface area contributed by atoms with Crippen molar-refractivity contribution in [2.24, 2.45) is 0 Å². The summed E-state index contributed by atoms with van der Waals surface area (Å²) >= 11 is 0. The second-order valence-electron chi connectivity index (χ2n) is 21.6. The Balaban J connectivity index is 0.903. The number of nitrogens with one attached hydrogen (secondary N) is 6. The van der Waals surface area contributed by atoms with Gasteiger partial charge in [-0.3, -0.25) is 28.8 Å². The van der Waals surface area contributed by atoms with Gasteiger partial charge in [-0.25, -0.2) is 16.8 Å². The van der Waals surface area contributed by atoms with Gasteiger partial charge in [0.2, 0.25) is 55.5 Å². The van der Waals surface area contributed by atoms with E-state index in [1.54, 1.807) is 49.9 Å². The number of hydrogen-bond donors (Lipinski definition) is 6. The van der Waals surface area contributed by atoms with Gasteiger partial charge in [0, 0.05) is 38.3 Å². The average Bonchev–Trinajstić information content (AvgIpc) is 3.83. The number of carbonyl (C=O) groups is 6. The maximum atomic E-state index is 14.7. The van der Waals surface area contributed by atoms with Crippen LogP contribution < -0.4 is 31.9 Å². The summed E-state index contributed by atoms with van der Waals surface area (Å²) in [7, 11) is -4.93. The minimum absolute atomic E-state index is 0.0160. The number of allylic oxidation sites excluding steroid dienone is 2. The summed E-state index contributed by atoms with van der Waals surface area (Å²) in [5, 5.41) is 17.6. The van der Waals surface area contributed by atoms with Gasteiger partial charge in [-0.1, -0.05) is 133 Å². The zero-order valence-electron chi connectivity index (χ0n) is 47.1. The zero-order valence-corrected chi connectivity index (χ0v) is 48.7. The molecule has 4 saturated heterocycles. The fourth-order valence-corrected chi connectivity index (χ4v) is 14.4. The Labute approximate surface area is 482 Å². The predicted molar refractivity (Wildman–Crippen MR) is 312 cm³/mol. The van der Waals surface area contributed by atoms with E-state index in [4.69, 9.17) is 0 Å². The Kier molecular flexibility index (Phi) is 20.9. The molecule has 0 aromatic heterocycles. The van der Waals surface area contributed by atoms with E-state index < -0.39 is 104 Å². The van der Waals surface area contributed by atoms with Gasteiger partial charge in [-0.05, 0) is 102 Å². The van der Waals surface area contributed by atoms with Gasteiger partial charge in [0.1, 0.15) is 24.2 Å². The first-order valence-corrected chi connectivity index (χ1v) is 31.6. The van der Waals surface area contributed by atoms with Crippen molar-refractivity contribution in [3.8, 4) is 0 Å². The number of carbonyl (C=O) groups excluding carboxylic acids is 6. The van der Waals surface area contributed by atoms with Crippen molar-refractivity contribution in [3.05, 3.63) is 156 Å². The molecule has 8 atom stereocenters. The molecule has 4 aliphatic rings. The van der Waals surface area contributed by atoms with Gasteiger partial charge < -0.3 is 41.7 Å². The van der Waals surface area contributed by atoms with Crippen molar-refractivity contribution in [2.45, 2.75) is 126 Å². The molecule has 4 aromatic carbocycles. The number of fused-ring (bicyclic) bond motifs is 2. The third-order valence-corrected chi connectivity index (χ3v) is 20.1. The van der Waals surface area contributed by atoms with E-state index in [-0.39, 0.29) is 75.2 Å². The second kappa shape index (κ2) is 28.0. The molecule has 4 heterocycles. The van der Waals surface area contributed by atoms with Gasteiger partial charge in [-0.2, -0.15) is 8.61 Å². The smallest absolute Gasteiger partial charge is 0.247 e. The average molecular weight is 1160 g/mol. The van der Waals surface area contributed by atoms with Crippen molar-refractivity contribution in [3.63, 3.8) is 0 Å². The third kappa shape index (κ3) is 14.9. The lowest BCUT2D eigenvalue weighted by Gasteiger charge is -2.38. The molecule has 8 rings (SSSR count). The molecule has 82 heavy (non-hydrogen) atoms. The Hall–Kier alpha value is -6.82. The Morgan fingerprint density at radius 2 is 0.817 bits per heavy atom. The van der Waals surface area contributed by atoms with E-state index >= 15 is 0 Å². The number of nitrogens with zero attached hydrogens (tertiary/aromatic N) is 4. The number of hydrogen-bond acceptors (Lipinski definition) is 12. The number of benzene rings is 4. The van der Waals surface area contributed by atoms with Crippen molar-refractivity contribution >= 4 is 55.5 Å². The lowest BCUT2D eigenvalue weighted by Crippen LogP contribution is -2.62. The quantitative estimate of drug-likeness (QED) is 0.0621. The molecule has 4 fully saturated rings. The van der Waals surface area contributed by atoms with Gasteiger partial charge in [0.15, 0.2) is 0 Å². The van der Waals surface area contributed by atoms with Crippen LogP contribution in [0.3, 0.4) is 0 Å². The van der Waals surface area contributed by atoms with Crippen LogP contribution in [0.5, 0.6) is 0 Å². The van der Waals surface area contributed by atoms with Gasteiger partial charge in [0.05, 0.1) is 35.7 Å². The SMILES string of the molecule is CN[C@@H](C)C(=O)N[C@H]1CN(S(=O)(=O)CC/C=C/CCS(=O)(=O)N2CC[C@H]3CC[C@@H](C(=O)NC(c4ccccc4)c4ccccc4)N3C(=O)[C@@H](NC(=O)[C@H](C)NC)C2)CC[C@H]2CC[C@@H](C(=O)NC(c3ccccc3)c3ccccc3)N2C1=O. The fraction of sp³-hybridized carbons (Fsp3) is 0.467. The highest BCUT2D eigenvalue weighted by molar-refractivity contribution is 7.89. The molecule has 20 nitrogen and oxygen atoms in total. The summed E-state index contributed by atoms with van der Waals surface area (Å²) in [6.45, 7) is 2.57. The van der Waals surface area contributed by atoms with Crippen LogP contribution in [0.15, 0.2) is 133 Å². The van der Waals surface area contributed by atoms with Gasteiger partial charge in [0.25, 0.3) is 0 Å². The molecule has 4 aromatic rings. The lowest BCUT2D eigenvalue weighted by molar-refractivity contribution is -0.144. The molecule has 0 spiro atoms. The highest BCUT2D eigenvalue weighted by atomic mass is 32.2. The fourth-order valence-electron chi connectivity index (χ4n) is 11.5. The van der Waals surface area contributed by atoms with Crippen LogP contribution in [0.2, 0.25) is 0 Å². The molecule has 440 valence electrons. The van der Waals surface area contributed by atoms with Crippen LogP contribution in [-0.4, -0.2) is 171 Å². The van der Waals surface area contributed by atoms with E-state index in [1.165, 1.54) is 8.61 Å². The summed E-state index contributed by atoms with van der Waals surface area (Å²) in [6, 6.07) is 30.3. The first-order valence-electron chi connectivity index (χ1n) is 28.4. The molecule has 0 unspecified atom stereocenters. The largest absolute Gasteiger partial charge is 0.343 e. The Morgan fingerprint density at radius 1 is 0.500 bits per heavy atom. The number of sulfonamides is 2. The maximum absolute atomic E-state index is 14.7. The molecule has 0 aliphatic carbocycles. The molecular weight excluding hydrogens is 1080 g/mol. The topological polar surface area (TPSA) is 256 Å². The van der Waals surface area contributed by atoms with E-state index in [0.29, 0.717) is 25.7 Å². The second-order valence-corrected chi connectivity index (χ2v) is 25.8. The first-order chi connectivity index (χ1) is 39.4. The minimum atomic E-state index is -4.06. The molecule has 0 saturated carbocycles. The normalized spacial score (nSPS) is 22.8. The predicted octanol–water partition coefficient (Wildman–Crippen LogP) is 3.11. The zero-order chi connectivity index (χ0) is 58.6.